The summed E-state index contributed by atoms with van der Waals surface area (Å²) in [6.07, 6.45) is 7.36. The van der Waals surface area contributed by atoms with Gasteiger partial charge >= 0.3 is 0 Å². The molecule has 1 N–H and O–H groups in total. The number of pyridine rings is 1. The lowest BCUT2D eigenvalue weighted by Crippen LogP contribution is -2.42. The zero-order valence-electron chi connectivity index (χ0n) is 18.0. The molecule has 0 saturated carbocycles. The van der Waals surface area contributed by atoms with Crippen LogP contribution >= 0.6 is 11.6 Å². The second kappa shape index (κ2) is 9.07. The maximum Gasteiger partial charge on any atom is 0.226 e. The van der Waals surface area contributed by atoms with Gasteiger partial charge in [-0.2, -0.15) is 0 Å². The first kappa shape index (κ1) is 21.2. The lowest BCUT2D eigenvalue weighted by Gasteiger charge is -2.38. The Hall–Kier alpha value is -2.66. The molecule has 0 bridgehead atoms. The Morgan fingerprint density at radius 2 is 1.81 bits per heavy atom. The molecule has 0 radical (unpaired) electrons. The fraction of sp³-hybridized carbons (Fsp3) is 0.296. The van der Waals surface area contributed by atoms with Crippen LogP contribution in [-0.2, 0) is 12.0 Å². The number of aliphatic hydroxyl groups is 1. The van der Waals surface area contributed by atoms with Crippen molar-refractivity contribution < 1.29 is 9.84 Å². The summed E-state index contributed by atoms with van der Waals surface area (Å²) in [5.74, 6) is 1.56. The smallest absolute Gasteiger partial charge is 0.226 e. The van der Waals surface area contributed by atoms with Crippen molar-refractivity contribution in [2.24, 2.45) is 0 Å². The topological polar surface area (TPSA) is 45.6 Å². The van der Waals surface area contributed by atoms with Gasteiger partial charge in [0.05, 0.1) is 5.60 Å². The van der Waals surface area contributed by atoms with Crippen molar-refractivity contribution in [2.75, 3.05) is 19.6 Å². The summed E-state index contributed by atoms with van der Waals surface area (Å²) in [4.78, 5) is 6.90. The molecule has 1 saturated heterocycles. The normalized spacial score (nSPS) is 19.0. The van der Waals surface area contributed by atoms with Crippen LogP contribution < -0.4 is 4.74 Å². The van der Waals surface area contributed by atoms with Crippen LogP contribution in [0.3, 0.4) is 0 Å². The van der Waals surface area contributed by atoms with Crippen LogP contribution in [0.4, 0.5) is 0 Å². The third kappa shape index (κ3) is 4.44. The van der Waals surface area contributed by atoms with E-state index in [9.17, 15) is 5.11 Å². The van der Waals surface area contributed by atoms with Crippen LogP contribution in [-0.4, -0.2) is 34.6 Å². The van der Waals surface area contributed by atoms with E-state index in [1.165, 1.54) is 11.1 Å². The highest BCUT2D eigenvalue weighted by molar-refractivity contribution is 6.30. The molecule has 32 heavy (non-hydrogen) atoms. The first-order valence-corrected chi connectivity index (χ1v) is 11.6. The van der Waals surface area contributed by atoms with Crippen LogP contribution in [0.1, 0.15) is 36.0 Å². The van der Waals surface area contributed by atoms with Crippen molar-refractivity contribution >= 4 is 17.2 Å². The van der Waals surface area contributed by atoms with E-state index in [1.54, 1.807) is 6.20 Å². The number of likely N-dealkylation sites (tertiary alicyclic amines) is 1. The van der Waals surface area contributed by atoms with Crippen molar-refractivity contribution in [2.45, 2.75) is 31.3 Å². The lowest BCUT2D eigenvalue weighted by atomic mass is 9.84. The third-order valence-electron chi connectivity index (χ3n) is 6.58. The van der Waals surface area contributed by atoms with Gasteiger partial charge < -0.3 is 14.7 Å². The summed E-state index contributed by atoms with van der Waals surface area (Å²) in [6, 6.07) is 19.8. The molecular weight excluding hydrogens is 420 g/mol. The molecule has 1 fully saturated rings. The van der Waals surface area contributed by atoms with Crippen molar-refractivity contribution in [1.82, 2.24) is 9.88 Å². The van der Waals surface area contributed by atoms with Gasteiger partial charge in [-0.05, 0) is 66.3 Å². The Kier molecular flexibility index (Phi) is 6.01. The second-order valence-corrected chi connectivity index (χ2v) is 9.08. The predicted molar refractivity (Wildman–Crippen MR) is 128 cm³/mol. The number of nitrogens with zero attached hydrogens (tertiary/aromatic N) is 2. The van der Waals surface area contributed by atoms with Gasteiger partial charge in [0.2, 0.25) is 5.88 Å². The fourth-order valence-electron chi connectivity index (χ4n) is 4.67. The Balaban J connectivity index is 1.25. The molecule has 1 aromatic heterocycles. The Morgan fingerprint density at radius 1 is 1.03 bits per heavy atom. The minimum Gasteiger partial charge on any atom is -0.438 e. The molecule has 164 valence electrons. The van der Waals surface area contributed by atoms with Crippen LogP contribution in [0.15, 0.2) is 72.9 Å². The standard InChI is InChI=1S/C27H27ClN2O2/c28-23-11-9-22(10-12-23)27(31)13-17-30(18-14-27)16-4-6-20-19-21-5-1-2-8-25(21)32-26-24(20)7-3-15-29-26/h1-3,5-12,15,31H,4,13-14,16-19H2/b20-6-. The van der Waals surface area contributed by atoms with Gasteiger partial charge in [-0.3, -0.25) is 0 Å². The van der Waals surface area contributed by atoms with E-state index in [2.05, 4.69) is 34.2 Å². The van der Waals surface area contributed by atoms with E-state index in [4.69, 9.17) is 16.3 Å². The number of hydrogen-bond donors (Lipinski definition) is 1. The average Bonchev–Trinajstić information content (AvgIpc) is 2.97. The summed E-state index contributed by atoms with van der Waals surface area (Å²) < 4.78 is 6.10. The van der Waals surface area contributed by atoms with E-state index >= 15 is 0 Å². The monoisotopic (exact) mass is 446 g/mol. The number of piperidine rings is 1. The van der Waals surface area contributed by atoms with Crippen molar-refractivity contribution in [3.05, 3.63) is 94.6 Å². The summed E-state index contributed by atoms with van der Waals surface area (Å²) >= 11 is 6.00. The van der Waals surface area contributed by atoms with E-state index in [0.29, 0.717) is 10.9 Å². The van der Waals surface area contributed by atoms with Crippen LogP contribution in [0.5, 0.6) is 11.6 Å². The van der Waals surface area contributed by atoms with Gasteiger partial charge in [-0.15, -0.1) is 0 Å². The molecule has 0 atom stereocenters. The zero-order valence-corrected chi connectivity index (χ0v) is 18.8. The maximum atomic E-state index is 11.1. The fourth-order valence-corrected chi connectivity index (χ4v) is 4.80. The molecule has 4 nitrogen and oxygen atoms in total. The number of halogens is 1. The number of fused-ring (bicyclic) bond motifs is 2. The van der Waals surface area contributed by atoms with E-state index in [1.807, 2.05) is 42.5 Å². The van der Waals surface area contributed by atoms with Gasteiger partial charge in [0.15, 0.2) is 0 Å². The minimum absolute atomic E-state index is 0.676. The lowest BCUT2D eigenvalue weighted by molar-refractivity contribution is -0.0254. The molecule has 5 rings (SSSR count). The van der Waals surface area contributed by atoms with Crippen LogP contribution in [0.2, 0.25) is 5.02 Å². The quantitative estimate of drug-likeness (QED) is 0.546. The second-order valence-electron chi connectivity index (χ2n) is 8.64. The number of benzene rings is 2. The Morgan fingerprint density at radius 3 is 2.62 bits per heavy atom. The van der Waals surface area contributed by atoms with E-state index in [-0.39, 0.29) is 0 Å². The Bertz CT molecular complexity index is 1120. The van der Waals surface area contributed by atoms with Gasteiger partial charge in [0.1, 0.15) is 5.75 Å². The summed E-state index contributed by atoms with van der Waals surface area (Å²) in [7, 11) is 0. The number of para-hydroxylation sites is 1. The summed E-state index contributed by atoms with van der Waals surface area (Å²) in [5, 5.41) is 11.8. The SMILES string of the molecule is OC1(c2ccc(Cl)cc2)CCN(CC/C=C2/Cc3ccccc3Oc3ncccc32)CC1. The minimum atomic E-state index is -0.757. The predicted octanol–water partition coefficient (Wildman–Crippen LogP) is 5.84. The van der Waals surface area contributed by atoms with Crippen LogP contribution in [0.25, 0.3) is 5.57 Å². The molecule has 0 unspecified atom stereocenters. The van der Waals surface area contributed by atoms with Gasteiger partial charge in [0, 0.05) is 42.8 Å². The first-order chi connectivity index (χ1) is 15.6. The van der Waals surface area contributed by atoms with Gasteiger partial charge in [-0.1, -0.05) is 48.0 Å². The largest absolute Gasteiger partial charge is 0.438 e. The number of allylic oxidation sites excluding steroid dienone is 1. The molecule has 2 aliphatic heterocycles. The highest BCUT2D eigenvalue weighted by Crippen LogP contribution is 2.38. The van der Waals surface area contributed by atoms with Crippen LogP contribution in [0, 0.1) is 0 Å². The molecule has 2 aromatic carbocycles. The van der Waals surface area contributed by atoms with Crippen molar-refractivity contribution in [1.29, 1.82) is 0 Å². The third-order valence-corrected chi connectivity index (χ3v) is 6.83. The number of aromatic nitrogens is 1. The van der Waals surface area contributed by atoms with Crippen molar-refractivity contribution in [3.8, 4) is 11.6 Å². The molecule has 2 aliphatic rings. The molecule has 5 heteroatoms. The Labute approximate surface area is 194 Å². The summed E-state index contributed by atoms with van der Waals surface area (Å²) in [6.45, 7) is 2.73. The van der Waals surface area contributed by atoms with Crippen molar-refractivity contribution in [3.63, 3.8) is 0 Å². The molecule has 0 spiro atoms. The maximum absolute atomic E-state index is 11.1. The molecule has 0 amide bonds. The molecule has 0 aliphatic carbocycles. The number of ether oxygens (including phenoxy) is 1. The van der Waals surface area contributed by atoms with Gasteiger partial charge in [-0.25, -0.2) is 4.98 Å². The number of rotatable bonds is 4. The first-order valence-electron chi connectivity index (χ1n) is 11.2. The van der Waals surface area contributed by atoms with E-state index in [0.717, 1.165) is 62.2 Å². The summed E-state index contributed by atoms with van der Waals surface area (Å²) in [5.41, 5.74) is 3.71. The van der Waals surface area contributed by atoms with E-state index < -0.39 is 5.60 Å². The zero-order chi connectivity index (χ0) is 22.0. The molecule has 3 heterocycles. The molecule has 3 aromatic rings. The van der Waals surface area contributed by atoms with Gasteiger partial charge in [0.25, 0.3) is 0 Å². The number of hydrogen-bond acceptors (Lipinski definition) is 4. The highest BCUT2D eigenvalue weighted by atomic mass is 35.5. The highest BCUT2D eigenvalue weighted by Gasteiger charge is 2.33. The average molecular weight is 447 g/mol. The molecular formula is C27H27ClN2O2.